The number of aromatic nitrogens is 4. The van der Waals surface area contributed by atoms with Crippen LogP contribution in [-0.4, -0.2) is 31.8 Å². The SMILES string of the molecule is NC(=O)C(NC(=O)c1ccccc1Cn1cc(-c2ccc3cnccc3c2)nn1)c1ccccc1. The van der Waals surface area contributed by atoms with Crippen LogP contribution in [0.25, 0.3) is 22.0 Å². The van der Waals surface area contributed by atoms with Gasteiger partial charge in [0, 0.05) is 28.9 Å². The smallest absolute Gasteiger partial charge is 0.252 e. The summed E-state index contributed by atoms with van der Waals surface area (Å²) in [5.74, 6) is -1.02. The van der Waals surface area contributed by atoms with E-state index in [2.05, 4.69) is 20.6 Å². The Bertz CT molecular complexity index is 1510. The molecule has 3 aromatic carbocycles. The number of primary amides is 1. The summed E-state index contributed by atoms with van der Waals surface area (Å²) >= 11 is 0. The highest BCUT2D eigenvalue weighted by Crippen LogP contribution is 2.23. The van der Waals surface area contributed by atoms with E-state index in [-0.39, 0.29) is 0 Å². The molecule has 2 heterocycles. The number of hydrogen-bond acceptors (Lipinski definition) is 5. The average molecular weight is 463 g/mol. The van der Waals surface area contributed by atoms with Crippen LogP contribution in [0.5, 0.6) is 0 Å². The van der Waals surface area contributed by atoms with Crippen molar-refractivity contribution in [1.82, 2.24) is 25.3 Å². The van der Waals surface area contributed by atoms with Crippen LogP contribution >= 0.6 is 0 Å². The number of fused-ring (bicyclic) bond motifs is 1. The molecule has 5 rings (SSSR count). The minimum atomic E-state index is -0.933. The Morgan fingerprint density at radius 2 is 1.74 bits per heavy atom. The topological polar surface area (TPSA) is 116 Å². The molecular weight excluding hydrogens is 440 g/mol. The van der Waals surface area contributed by atoms with Crippen LogP contribution in [0.1, 0.15) is 27.5 Å². The number of rotatable bonds is 7. The number of nitrogens with two attached hydrogens (primary N) is 1. The van der Waals surface area contributed by atoms with Gasteiger partial charge in [-0.15, -0.1) is 5.10 Å². The average Bonchev–Trinajstić information content (AvgIpc) is 3.36. The zero-order valence-corrected chi connectivity index (χ0v) is 18.7. The van der Waals surface area contributed by atoms with Crippen molar-refractivity contribution in [2.24, 2.45) is 5.73 Å². The molecule has 0 aliphatic heterocycles. The number of nitrogens with one attached hydrogen (secondary N) is 1. The molecule has 8 nitrogen and oxygen atoms in total. The number of carbonyl (C=O) groups is 2. The molecule has 0 radical (unpaired) electrons. The summed E-state index contributed by atoms with van der Waals surface area (Å²) in [5.41, 5.74) is 9.03. The first-order chi connectivity index (χ1) is 17.1. The van der Waals surface area contributed by atoms with E-state index in [1.807, 2.05) is 54.9 Å². The van der Waals surface area contributed by atoms with Gasteiger partial charge in [0.1, 0.15) is 11.7 Å². The van der Waals surface area contributed by atoms with Gasteiger partial charge in [0.05, 0.1) is 12.7 Å². The fourth-order valence-electron chi connectivity index (χ4n) is 3.98. The van der Waals surface area contributed by atoms with E-state index in [4.69, 9.17) is 5.73 Å². The van der Waals surface area contributed by atoms with Crippen molar-refractivity contribution >= 4 is 22.6 Å². The minimum Gasteiger partial charge on any atom is -0.368 e. The van der Waals surface area contributed by atoms with E-state index in [0.29, 0.717) is 17.7 Å². The summed E-state index contributed by atoms with van der Waals surface area (Å²) in [6.07, 6.45) is 5.41. The van der Waals surface area contributed by atoms with Crippen molar-refractivity contribution < 1.29 is 9.59 Å². The molecule has 5 aromatic rings. The maximum atomic E-state index is 13.1. The van der Waals surface area contributed by atoms with Crippen molar-refractivity contribution in [3.05, 3.63) is 114 Å². The Morgan fingerprint density at radius 1 is 0.943 bits per heavy atom. The summed E-state index contributed by atoms with van der Waals surface area (Å²) in [6.45, 7) is 0.334. The van der Waals surface area contributed by atoms with Crippen molar-refractivity contribution in [3.63, 3.8) is 0 Å². The standard InChI is InChI=1S/C27H22N6O2/c28-26(34)25(18-6-2-1-3-7-18)30-27(35)23-9-5-4-8-22(23)16-33-17-24(31-32-33)20-10-11-21-15-29-13-12-19(21)14-20/h1-15,17,25H,16H2,(H2,28,34)(H,30,35). The van der Waals surface area contributed by atoms with E-state index >= 15 is 0 Å². The van der Waals surface area contributed by atoms with Crippen molar-refractivity contribution in [2.75, 3.05) is 0 Å². The molecular formula is C27H22N6O2. The van der Waals surface area contributed by atoms with Gasteiger partial charge in [0.15, 0.2) is 0 Å². The normalized spacial score (nSPS) is 11.8. The lowest BCUT2D eigenvalue weighted by Crippen LogP contribution is -2.37. The van der Waals surface area contributed by atoms with Gasteiger partial charge in [0.2, 0.25) is 5.91 Å². The number of pyridine rings is 1. The van der Waals surface area contributed by atoms with Crippen molar-refractivity contribution in [1.29, 1.82) is 0 Å². The fourth-order valence-corrected chi connectivity index (χ4v) is 3.98. The quantitative estimate of drug-likeness (QED) is 0.384. The van der Waals surface area contributed by atoms with Gasteiger partial charge in [0.25, 0.3) is 5.91 Å². The summed E-state index contributed by atoms with van der Waals surface area (Å²) < 4.78 is 1.68. The molecule has 2 amide bonds. The molecule has 2 aromatic heterocycles. The largest absolute Gasteiger partial charge is 0.368 e. The molecule has 0 saturated heterocycles. The third-order valence-electron chi connectivity index (χ3n) is 5.76. The van der Waals surface area contributed by atoms with Crippen LogP contribution in [0, 0.1) is 0 Å². The lowest BCUT2D eigenvalue weighted by molar-refractivity contribution is -0.120. The second-order valence-corrected chi connectivity index (χ2v) is 8.12. The number of benzene rings is 3. The van der Waals surface area contributed by atoms with Gasteiger partial charge in [-0.25, -0.2) is 4.68 Å². The summed E-state index contributed by atoms with van der Waals surface area (Å²) in [4.78, 5) is 29.3. The predicted molar refractivity (Wildman–Crippen MR) is 132 cm³/mol. The van der Waals surface area contributed by atoms with E-state index in [1.54, 1.807) is 47.3 Å². The first-order valence-electron chi connectivity index (χ1n) is 11.1. The van der Waals surface area contributed by atoms with E-state index in [0.717, 1.165) is 27.6 Å². The van der Waals surface area contributed by atoms with Gasteiger partial charge in [-0.1, -0.05) is 65.9 Å². The van der Waals surface area contributed by atoms with Gasteiger partial charge in [-0.2, -0.15) is 0 Å². The Labute approximate surface area is 201 Å². The van der Waals surface area contributed by atoms with Gasteiger partial charge < -0.3 is 11.1 Å². The highest BCUT2D eigenvalue weighted by atomic mass is 16.2. The van der Waals surface area contributed by atoms with Gasteiger partial charge in [-0.3, -0.25) is 14.6 Å². The molecule has 0 spiro atoms. The number of carbonyl (C=O) groups excluding carboxylic acids is 2. The molecule has 172 valence electrons. The van der Waals surface area contributed by atoms with Crippen LogP contribution < -0.4 is 11.1 Å². The van der Waals surface area contributed by atoms with Crippen LogP contribution in [0.4, 0.5) is 0 Å². The Hall–Kier alpha value is -4.85. The number of nitrogens with zero attached hydrogens (tertiary/aromatic N) is 4. The van der Waals surface area contributed by atoms with Gasteiger partial charge in [-0.05, 0) is 34.7 Å². The summed E-state index contributed by atoms with van der Waals surface area (Å²) in [7, 11) is 0. The zero-order chi connectivity index (χ0) is 24.2. The molecule has 3 N–H and O–H groups in total. The second kappa shape index (κ2) is 9.56. The van der Waals surface area contributed by atoms with Crippen LogP contribution in [0.3, 0.4) is 0 Å². The third kappa shape index (κ3) is 4.77. The molecule has 1 unspecified atom stereocenters. The van der Waals surface area contributed by atoms with Crippen LogP contribution in [-0.2, 0) is 11.3 Å². The Balaban J connectivity index is 1.37. The first kappa shape index (κ1) is 22.0. The molecule has 35 heavy (non-hydrogen) atoms. The van der Waals surface area contributed by atoms with E-state index in [9.17, 15) is 9.59 Å². The predicted octanol–water partition coefficient (Wildman–Crippen LogP) is 3.50. The zero-order valence-electron chi connectivity index (χ0n) is 18.7. The first-order valence-corrected chi connectivity index (χ1v) is 11.1. The number of hydrogen-bond donors (Lipinski definition) is 2. The lowest BCUT2D eigenvalue weighted by Gasteiger charge is -2.17. The highest BCUT2D eigenvalue weighted by Gasteiger charge is 2.22. The molecule has 0 fully saturated rings. The molecule has 0 aliphatic rings. The Kier molecular flexibility index (Phi) is 6.00. The second-order valence-electron chi connectivity index (χ2n) is 8.12. The maximum Gasteiger partial charge on any atom is 0.252 e. The van der Waals surface area contributed by atoms with Crippen LogP contribution in [0.2, 0.25) is 0 Å². The third-order valence-corrected chi connectivity index (χ3v) is 5.76. The summed E-state index contributed by atoms with van der Waals surface area (Å²) in [6, 6.07) is 23.1. The molecule has 0 aliphatic carbocycles. The molecule has 8 heteroatoms. The highest BCUT2D eigenvalue weighted by molar-refractivity contribution is 5.98. The van der Waals surface area contributed by atoms with E-state index < -0.39 is 17.9 Å². The maximum absolute atomic E-state index is 13.1. The number of amides is 2. The van der Waals surface area contributed by atoms with Crippen LogP contribution in [0.15, 0.2) is 97.5 Å². The lowest BCUT2D eigenvalue weighted by atomic mass is 10.0. The summed E-state index contributed by atoms with van der Waals surface area (Å²) in [5, 5.41) is 13.4. The molecule has 0 saturated carbocycles. The minimum absolute atomic E-state index is 0.334. The van der Waals surface area contributed by atoms with E-state index in [1.165, 1.54) is 0 Å². The molecule has 1 atom stereocenters. The van der Waals surface area contributed by atoms with Crippen molar-refractivity contribution in [2.45, 2.75) is 12.6 Å². The van der Waals surface area contributed by atoms with Crippen molar-refractivity contribution in [3.8, 4) is 11.3 Å². The fraction of sp³-hybridized carbons (Fsp3) is 0.0741. The van der Waals surface area contributed by atoms with Gasteiger partial charge >= 0.3 is 0 Å². The monoisotopic (exact) mass is 462 g/mol. The molecule has 0 bridgehead atoms. The Morgan fingerprint density at radius 3 is 2.57 bits per heavy atom.